The topological polar surface area (TPSA) is 52.3 Å². The Morgan fingerprint density at radius 1 is 1.26 bits per heavy atom. The fraction of sp³-hybridized carbons (Fsp3) is 0.0667. The molecule has 0 N–H and O–H groups in total. The van der Waals surface area contributed by atoms with E-state index >= 15 is 0 Å². The van der Waals surface area contributed by atoms with Gasteiger partial charge in [-0.3, -0.25) is 9.78 Å². The Morgan fingerprint density at radius 3 is 2.89 bits per heavy atom. The summed E-state index contributed by atoms with van der Waals surface area (Å²) in [5, 5.41) is 0.959. The minimum atomic E-state index is 0.306. The van der Waals surface area contributed by atoms with Gasteiger partial charge in [-0.1, -0.05) is 12.1 Å². The average molecular weight is 253 g/mol. The summed E-state index contributed by atoms with van der Waals surface area (Å²) in [7, 11) is 1.61. The van der Waals surface area contributed by atoms with Crippen LogP contribution in [0.15, 0.2) is 47.0 Å². The van der Waals surface area contributed by atoms with E-state index in [4.69, 9.17) is 9.15 Å². The number of aldehydes is 1. The normalized spacial score (nSPS) is 10.6. The summed E-state index contributed by atoms with van der Waals surface area (Å²) in [5.41, 5.74) is 1.67. The molecule has 4 heteroatoms. The second-order valence-electron chi connectivity index (χ2n) is 4.07. The molecule has 0 atom stereocenters. The van der Waals surface area contributed by atoms with Crippen LogP contribution < -0.4 is 4.74 Å². The first-order valence-electron chi connectivity index (χ1n) is 5.80. The van der Waals surface area contributed by atoms with Gasteiger partial charge >= 0.3 is 0 Å². The van der Waals surface area contributed by atoms with Gasteiger partial charge in [0.25, 0.3) is 0 Å². The summed E-state index contributed by atoms with van der Waals surface area (Å²) in [6, 6.07) is 11.1. The van der Waals surface area contributed by atoms with Gasteiger partial charge in [0.2, 0.25) is 0 Å². The predicted molar refractivity (Wildman–Crippen MR) is 71.4 cm³/mol. The molecule has 0 spiro atoms. The van der Waals surface area contributed by atoms with Crippen molar-refractivity contribution in [1.82, 2.24) is 4.98 Å². The number of rotatable bonds is 3. The quantitative estimate of drug-likeness (QED) is 0.672. The molecule has 0 saturated carbocycles. The molecule has 0 saturated heterocycles. The van der Waals surface area contributed by atoms with E-state index in [1.807, 2.05) is 24.3 Å². The highest BCUT2D eigenvalue weighted by Gasteiger charge is 2.09. The monoisotopic (exact) mass is 253 g/mol. The van der Waals surface area contributed by atoms with Crippen molar-refractivity contribution in [3.05, 3.63) is 48.4 Å². The van der Waals surface area contributed by atoms with Crippen LogP contribution in [0.2, 0.25) is 0 Å². The molecule has 0 fully saturated rings. The molecule has 2 aromatic heterocycles. The van der Waals surface area contributed by atoms with E-state index in [0.29, 0.717) is 23.6 Å². The fourth-order valence-corrected chi connectivity index (χ4v) is 2.01. The molecule has 0 radical (unpaired) electrons. The van der Waals surface area contributed by atoms with Crippen LogP contribution in [-0.4, -0.2) is 18.4 Å². The van der Waals surface area contributed by atoms with E-state index in [2.05, 4.69) is 4.98 Å². The van der Waals surface area contributed by atoms with Gasteiger partial charge in [-0.2, -0.15) is 0 Å². The molecular weight excluding hydrogens is 242 g/mol. The third-order valence-electron chi connectivity index (χ3n) is 2.93. The Kier molecular flexibility index (Phi) is 2.76. The number of hydrogen-bond acceptors (Lipinski definition) is 4. The van der Waals surface area contributed by atoms with Crippen molar-refractivity contribution >= 4 is 17.2 Å². The highest BCUT2D eigenvalue weighted by molar-refractivity contribution is 5.93. The lowest BCUT2D eigenvalue weighted by atomic mass is 10.1. The van der Waals surface area contributed by atoms with Crippen LogP contribution in [0.4, 0.5) is 0 Å². The standard InChI is InChI=1S/C15H11NO3/c1-18-12-7-10-3-2-4-13(15(10)16-8-12)14-6-5-11(9-17)19-14/h2-9H,1H3. The van der Waals surface area contributed by atoms with Crippen molar-refractivity contribution < 1.29 is 13.9 Å². The van der Waals surface area contributed by atoms with E-state index in [-0.39, 0.29) is 0 Å². The van der Waals surface area contributed by atoms with E-state index in [9.17, 15) is 4.79 Å². The van der Waals surface area contributed by atoms with Crippen molar-refractivity contribution in [2.24, 2.45) is 0 Å². The summed E-state index contributed by atoms with van der Waals surface area (Å²) < 4.78 is 10.6. The molecule has 3 aromatic rings. The number of ether oxygens (including phenoxy) is 1. The lowest BCUT2D eigenvalue weighted by molar-refractivity contribution is 0.110. The molecule has 0 aliphatic carbocycles. The minimum absolute atomic E-state index is 0.306. The maximum atomic E-state index is 10.7. The van der Waals surface area contributed by atoms with Gasteiger partial charge in [0, 0.05) is 10.9 Å². The third-order valence-corrected chi connectivity index (χ3v) is 2.93. The molecule has 2 heterocycles. The second-order valence-corrected chi connectivity index (χ2v) is 4.07. The van der Waals surface area contributed by atoms with Crippen molar-refractivity contribution in [3.63, 3.8) is 0 Å². The second kappa shape index (κ2) is 4.57. The van der Waals surface area contributed by atoms with E-state index in [1.165, 1.54) is 0 Å². The number of fused-ring (bicyclic) bond motifs is 1. The van der Waals surface area contributed by atoms with Gasteiger partial charge < -0.3 is 9.15 Å². The molecule has 19 heavy (non-hydrogen) atoms. The largest absolute Gasteiger partial charge is 0.495 e. The molecule has 0 unspecified atom stereocenters. The highest BCUT2D eigenvalue weighted by atomic mass is 16.5. The van der Waals surface area contributed by atoms with Crippen molar-refractivity contribution in [3.8, 4) is 17.1 Å². The van der Waals surface area contributed by atoms with Crippen LogP contribution in [0.25, 0.3) is 22.2 Å². The van der Waals surface area contributed by atoms with Crippen LogP contribution in [-0.2, 0) is 0 Å². The lowest BCUT2D eigenvalue weighted by Crippen LogP contribution is -1.87. The molecule has 0 aliphatic rings. The molecule has 94 valence electrons. The Hall–Kier alpha value is -2.62. The SMILES string of the molecule is COc1cnc2c(-c3ccc(C=O)o3)cccc2c1. The first-order chi connectivity index (χ1) is 9.31. The first kappa shape index (κ1) is 11.5. The van der Waals surface area contributed by atoms with Crippen molar-refractivity contribution in [2.45, 2.75) is 0 Å². The number of hydrogen-bond donors (Lipinski definition) is 0. The smallest absolute Gasteiger partial charge is 0.185 e. The summed E-state index contributed by atoms with van der Waals surface area (Å²) in [6.45, 7) is 0. The van der Waals surface area contributed by atoms with Crippen molar-refractivity contribution in [1.29, 1.82) is 0 Å². The zero-order valence-corrected chi connectivity index (χ0v) is 10.3. The van der Waals surface area contributed by atoms with E-state index < -0.39 is 0 Å². The zero-order chi connectivity index (χ0) is 13.2. The molecule has 1 aromatic carbocycles. The summed E-state index contributed by atoms with van der Waals surface area (Å²) >= 11 is 0. The van der Waals surface area contributed by atoms with Crippen LogP contribution >= 0.6 is 0 Å². The Morgan fingerprint density at radius 2 is 2.16 bits per heavy atom. The number of aromatic nitrogens is 1. The van der Waals surface area contributed by atoms with Crippen LogP contribution in [0.3, 0.4) is 0 Å². The van der Waals surface area contributed by atoms with E-state index in [1.54, 1.807) is 25.4 Å². The number of carbonyl (C=O) groups is 1. The summed E-state index contributed by atoms with van der Waals surface area (Å²) in [6.07, 6.45) is 2.35. The molecule has 0 aliphatic heterocycles. The molecule has 0 bridgehead atoms. The minimum Gasteiger partial charge on any atom is -0.495 e. The van der Waals surface area contributed by atoms with Crippen molar-refractivity contribution in [2.75, 3.05) is 7.11 Å². The number of pyridine rings is 1. The van der Waals surface area contributed by atoms with Gasteiger partial charge in [-0.25, -0.2) is 0 Å². The Bertz CT molecular complexity index is 746. The lowest BCUT2D eigenvalue weighted by Gasteiger charge is -2.05. The number of para-hydroxylation sites is 1. The number of methoxy groups -OCH3 is 1. The molecule has 4 nitrogen and oxygen atoms in total. The van der Waals surface area contributed by atoms with Crippen LogP contribution in [0, 0.1) is 0 Å². The van der Waals surface area contributed by atoms with Gasteiger partial charge in [-0.15, -0.1) is 0 Å². The maximum absolute atomic E-state index is 10.7. The molecular formula is C15H11NO3. The number of benzene rings is 1. The highest BCUT2D eigenvalue weighted by Crippen LogP contribution is 2.29. The molecule has 3 rings (SSSR count). The van der Waals surface area contributed by atoms with E-state index in [0.717, 1.165) is 16.5 Å². The summed E-state index contributed by atoms with van der Waals surface area (Å²) in [5.74, 6) is 1.64. The van der Waals surface area contributed by atoms with Crippen LogP contribution in [0.1, 0.15) is 10.6 Å². The maximum Gasteiger partial charge on any atom is 0.185 e. The zero-order valence-electron chi connectivity index (χ0n) is 10.3. The summed E-state index contributed by atoms with van der Waals surface area (Å²) in [4.78, 5) is 15.1. The predicted octanol–water partition coefficient (Wildman–Crippen LogP) is 3.32. The van der Waals surface area contributed by atoms with Crippen LogP contribution in [0.5, 0.6) is 5.75 Å². The third kappa shape index (κ3) is 1.97. The fourth-order valence-electron chi connectivity index (χ4n) is 2.01. The number of carbonyl (C=O) groups excluding carboxylic acids is 1. The Balaban J connectivity index is 2.20. The van der Waals surface area contributed by atoms with Gasteiger partial charge in [-0.05, 0) is 24.3 Å². The number of furan rings is 1. The molecule has 0 amide bonds. The average Bonchev–Trinajstić information content (AvgIpc) is 2.94. The van der Waals surface area contributed by atoms with Gasteiger partial charge in [0.15, 0.2) is 12.0 Å². The van der Waals surface area contributed by atoms with Gasteiger partial charge in [0.05, 0.1) is 18.8 Å². The first-order valence-corrected chi connectivity index (χ1v) is 5.80. The number of nitrogens with zero attached hydrogens (tertiary/aromatic N) is 1. The Labute approximate surface area is 109 Å². The van der Waals surface area contributed by atoms with Gasteiger partial charge in [0.1, 0.15) is 11.5 Å².